The third-order valence-corrected chi connectivity index (χ3v) is 7.52. The second-order valence-electron chi connectivity index (χ2n) is 8.51. The molecule has 2 heterocycles. The highest BCUT2D eigenvalue weighted by Crippen LogP contribution is 2.13. The predicted octanol–water partition coefficient (Wildman–Crippen LogP) is 0.291. The molecule has 2 aliphatic rings. The summed E-state index contributed by atoms with van der Waals surface area (Å²) >= 11 is 0. The van der Waals surface area contributed by atoms with Gasteiger partial charge in [0.25, 0.3) is 0 Å². The number of sulfonamides is 1. The Kier molecular flexibility index (Phi) is 10.3. The van der Waals surface area contributed by atoms with Crippen LogP contribution in [0.5, 0.6) is 0 Å². The fourth-order valence-electron chi connectivity index (χ4n) is 3.92. The highest BCUT2D eigenvalue weighted by Gasteiger charge is 2.29. The van der Waals surface area contributed by atoms with Gasteiger partial charge in [-0.2, -0.15) is 4.31 Å². The molecule has 0 aromatic carbocycles. The lowest BCUT2D eigenvalue weighted by molar-refractivity contribution is 0.00737. The van der Waals surface area contributed by atoms with Crippen LogP contribution in [0, 0.1) is 5.92 Å². The highest BCUT2D eigenvalue weighted by molar-refractivity contribution is 7.89. The summed E-state index contributed by atoms with van der Waals surface area (Å²) in [7, 11) is -1.50. The standard InChI is InChI=1S/C20H41N5O4S/c1-17(2)19(23-10-12-28-13-11-23)16-22-20(21-5)24-6-8-25(9-7-24)30(26,27)15-14-29-18(3)4/h17-19H,6-16H2,1-5H3,(H,21,22). The zero-order valence-corrected chi connectivity index (χ0v) is 20.2. The topological polar surface area (TPSA) is 86.7 Å². The maximum atomic E-state index is 12.5. The van der Waals surface area contributed by atoms with Crippen molar-refractivity contribution in [2.24, 2.45) is 10.9 Å². The van der Waals surface area contributed by atoms with Crippen molar-refractivity contribution in [3.8, 4) is 0 Å². The molecule has 2 fully saturated rings. The first-order chi connectivity index (χ1) is 14.2. The van der Waals surface area contributed by atoms with Crippen LogP contribution in [-0.2, 0) is 19.5 Å². The molecule has 2 saturated heterocycles. The summed E-state index contributed by atoms with van der Waals surface area (Å²) < 4.78 is 37.6. The van der Waals surface area contributed by atoms with Crippen molar-refractivity contribution in [3.63, 3.8) is 0 Å². The molecule has 1 N–H and O–H groups in total. The number of hydrogen-bond donors (Lipinski definition) is 1. The molecule has 9 nitrogen and oxygen atoms in total. The predicted molar refractivity (Wildman–Crippen MR) is 120 cm³/mol. The van der Waals surface area contributed by atoms with E-state index in [1.54, 1.807) is 11.4 Å². The van der Waals surface area contributed by atoms with Gasteiger partial charge in [-0.1, -0.05) is 13.8 Å². The fourth-order valence-corrected chi connectivity index (χ4v) is 5.20. The van der Waals surface area contributed by atoms with Crippen LogP contribution in [0.3, 0.4) is 0 Å². The first-order valence-corrected chi connectivity index (χ1v) is 12.7. The molecule has 1 unspecified atom stereocenters. The maximum Gasteiger partial charge on any atom is 0.216 e. The molecule has 0 aliphatic carbocycles. The minimum atomic E-state index is -3.28. The van der Waals surface area contributed by atoms with Crippen LogP contribution in [0.4, 0.5) is 0 Å². The quantitative estimate of drug-likeness (QED) is 0.402. The normalized spacial score (nSPS) is 21.4. The molecule has 0 aromatic rings. The van der Waals surface area contributed by atoms with E-state index in [1.807, 2.05) is 13.8 Å². The largest absolute Gasteiger partial charge is 0.379 e. The van der Waals surface area contributed by atoms with E-state index < -0.39 is 10.0 Å². The van der Waals surface area contributed by atoms with Crippen molar-refractivity contribution in [3.05, 3.63) is 0 Å². The Labute approximate surface area is 182 Å². The lowest BCUT2D eigenvalue weighted by Gasteiger charge is -2.39. The van der Waals surface area contributed by atoms with E-state index in [0.717, 1.165) is 38.8 Å². The molecule has 2 rings (SSSR count). The lowest BCUT2D eigenvalue weighted by atomic mass is 10.0. The fraction of sp³-hybridized carbons (Fsp3) is 0.950. The first-order valence-electron chi connectivity index (χ1n) is 11.1. The van der Waals surface area contributed by atoms with E-state index in [1.165, 1.54) is 0 Å². The van der Waals surface area contributed by atoms with Crippen LogP contribution in [0.25, 0.3) is 0 Å². The van der Waals surface area contributed by atoms with Gasteiger partial charge in [0.2, 0.25) is 10.0 Å². The van der Waals surface area contributed by atoms with Crippen LogP contribution < -0.4 is 5.32 Å². The smallest absolute Gasteiger partial charge is 0.216 e. The number of nitrogens with zero attached hydrogens (tertiary/aromatic N) is 4. The van der Waals surface area contributed by atoms with Crippen LogP contribution in [-0.4, -0.2) is 119 Å². The summed E-state index contributed by atoms with van der Waals surface area (Å²) in [5.41, 5.74) is 0. The van der Waals surface area contributed by atoms with Gasteiger partial charge in [0.05, 0.1) is 31.7 Å². The van der Waals surface area contributed by atoms with E-state index in [4.69, 9.17) is 9.47 Å². The van der Waals surface area contributed by atoms with Gasteiger partial charge in [-0.15, -0.1) is 0 Å². The molecule has 10 heteroatoms. The molecular formula is C20H41N5O4S. The minimum Gasteiger partial charge on any atom is -0.379 e. The number of rotatable bonds is 9. The van der Waals surface area contributed by atoms with E-state index in [-0.39, 0.29) is 18.5 Å². The van der Waals surface area contributed by atoms with Gasteiger partial charge in [-0.05, 0) is 19.8 Å². The molecule has 0 amide bonds. The number of hydrogen-bond acceptors (Lipinski definition) is 6. The third kappa shape index (κ3) is 7.64. The Bertz CT molecular complexity index is 627. The highest BCUT2D eigenvalue weighted by atomic mass is 32.2. The molecule has 0 radical (unpaired) electrons. The van der Waals surface area contributed by atoms with Crippen molar-refractivity contribution in [1.29, 1.82) is 0 Å². The SMILES string of the molecule is CN=C(NCC(C(C)C)N1CCOCC1)N1CCN(S(=O)(=O)CCOC(C)C)CC1. The van der Waals surface area contributed by atoms with Gasteiger partial charge in [-0.25, -0.2) is 8.42 Å². The summed E-state index contributed by atoms with van der Waals surface area (Å²) in [4.78, 5) is 9.08. The summed E-state index contributed by atoms with van der Waals surface area (Å²) in [6, 6.07) is 0.410. The van der Waals surface area contributed by atoms with Crippen LogP contribution >= 0.6 is 0 Å². The molecule has 30 heavy (non-hydrogen) atoms. The van der Waals surface area contributed by atoms with E-state index in [0.29, 0.717) is 38.1 Å². The van der Waals surface area contributed by atoms with Gasteiger partial charge < -0.3 is 19.7 Å². The Morgan fingerprint density at radius 2 is 1.70 bits per heavy atom. The maximum absolute atomic E-state index is 12.5. The van der Waals surface area contributed by atoms with Crippen molar-refractivity contribution >= 4 is 16.0 Å². The van der Waals surface area contributed by atoms with E-state index in [2.05, 4.69) is 34.0 Å². The number of aliphatic imine (C=N–C) groups is 1. The number of ether oxygens (including phenoxy) is 2. The molecule has 1 atom stereocenters. The Morgan fingerprint density at radius 3 is 2.23 bits per heavy atom. The molecule has 0 aromatic heterocycles. The monoisotopic (exact) mass is 447 g/mol. The summed E-state index contributed by atoms with van der Waals surface area (Å²) in [5, 5.41) is 3.52. The molecule has 0 spiro atoms. The average molecular weight is 448 g/mol. The van der Waals surface area contributed by atoms with Crippen molar-refractivity contribution < 1.29 is 17.9 Å². The minimum absolute atomic E-state index is 0.0355. The number of piperazine rings is 1. The first kappa shape index (κ1) is 25.3. The molecule has 2 aliphatic heterocycles. The van der Waals surface area contributed by atoms with Crippen LogP contribution in [0.1, 0.15) is 27.7 Å². The van der Waals surface area contributed by atoms with Crippen molar-refractivity contribution in [2.75, 3.05) is 78.4 Å². The molecule has 0 bridgehead atoms. The summed E-state index contributed by atoms with van der Waals surface area (Å²) in [6.45, 7) is 15.1. The van der Waals surface area contributed by atoms with Crippen molar-refractivity contribution in [2.45, 2.75) is 39.8 Å². The Morgan fingerprint density at radius 1 is 1.07 bits per heavy atom. The second kappa shape index (κ2) is 12.2. The van der Waals surface area contributed by atoms with Gasteiger partial charge in [0.15, 0.2) is 5.96 Å². The zero-order valence-electron chi connectivity index (χ0n) is 19.3. The van der Waals surface area contributed by atoms with Gasteiger partial charge in [0, 0.05) is 58.9 Å². The lowest BCUT2D eigenvalue weighted by Crippen LogP contribution is -2.57. The number of morpholine rings is 1. The Balaban J connectivity index is 1.84. The molecule has 0 saturated carbocycles. The van der Waals surface area contributed by atoms with Gasteiger partial charge >= 0.3 is 0 Å². The average Bonchev–Trinajstić information content (AvgIpc) is 2.71. The third-order valence-electron chi connectivity index (χ3n) is 5.69. The molecule has 176 valence electrons. The van der Waals surface area contributed by atoms with E-state index in [9.17, 15) is 8.42 Å². The summed E-state index contributed by atoms with van der Waals surface area (Å²) in [6.07, 6.45) is 0.0403. The van der Waals surface area contributed by atoms with E-state index >= 15 is 0 Å². The number of guanidine groups is 1. The number of nitrogens with one attached hydrogen (secondary N) is 1. The van der Waals surface area contributed by atoms with Gasteiger partial charge in [0.1, 0.15) is 0 Å². The Hall–Kier alpha value is -0.940. The zero-order chi connectivity index (χ0) is 22.1. The molecular weight excluding hydrogens is 406 g/mol. The van der Waals surface area contributed by atoms with Crippen LogP contribution in [0.2, 0.25) is 0 Å². The van der Waals surface area contributed by atoms with Crippen molar-refractivity contribution in [1.82, 2.24) is 19.4 Å². The van der Waals surface area contributed by atoms with Crippen LogP contribution in [0.15, 0.2) is 4.99 Å². The summed E-state index contributed by atoms with van der Waals surface area (Å²) in [5.74, 6) is 1.39. The second-order valence-corrected chi connectivity index (χ2v) is 10.6. The van der Waals surface area contributed by atoms with Gasteiger partial charge in [-0.3, -0.25) is 9.89 Å².